The molecule has 3 fully saturated rings. The second-order valence-electron chi connectivity index (χ2n) is 3.85. The molecule has 0 aromatic heterocycles. The summed E-state index contributed by atoms with van der Waals surface area (Å²) in [4.78, 5) is 0. The molecule has 62 valence electrons. The molecule has 4 atom stereocenters. The molecule has 2 N–H and O–H groups in total. The van der Waals surface area contributed by atoms with Gasteiger partial charge in [0.2, 0.25) is 0 Å². The first-order valence-electron chi connectivity index (χ1n) is 4.56. The smallest absolute Gasteiger partial charge is 0.113 e. The van der Waals surface area contributed by atoms with E-state index < -0.39 is 0 Å². The Hall–Kier alpha value is -0.120. The van der Waals surface area contributed by atoms with E-state index in [1.165, 1.54) is 19.3 Å². The third-order valence-electron chi connectivity index (χ3n) is 3.25. The summed E-state index contributed by atoms with van der Waals surface area (Å²) in [5, 5.41) is 6.84. The van der Waals surface area contributed by atoms with Gasteiger partial charge in [-0.2, -0.15) is 0 Å². The van der Waals surface area contributed by atoms with Crippen molar-refractivity contribution >= 4 is 0 Å². The van der Waals surface area contributed by atoms with Crippen LogP contribution < -0.4 is 10.6 Å². The standard InChI is InChI=1S/C8H14N2O/c1-2-7-6-3-5(1)11-8(6)10-4-9-7/h5-10H,1-4H2. The van der Waals surface area contributed by atoms with Gasteiger partial charge >= 0.3 is 0 Å². The molecule has 3 nitrogen and oxygen atoms in total. The highest BCUT2D eigenvalue weighted by atomic mass is 16.5. The lowest BCUT2D eigenvalue weighted by Crippen LogP contribution is -2.55. The summed E-state index contributed by atoms with van der Waals surface area (Å²) >= 11 is 0. The molecule has 3 rings (SSSR count). The number of hydrogen-bond acceptors (Lipinski definition) is 3. The molecule has 0 radical (unpaired) electrons. The topological polar surface area (TPSA) is 33.3 Å². The molecular weight excluding hydrogens is 140 g/mol. The maximum absolute atomic E-state index is 5.81. The van der Waals surface area contributed by atoms with Crippen molar-refractivity contribution in [1.82, 2.24) is 10.6 Å². The first kappa shape index (κ1) is 6.40. The van der Waals surface area contributed by atoms with Gasteiger partial charge in [-0.25, -0.2) is 0 Å². The normalized spacial score (nSPS) is 54.5. The third-order valence-corrected chi connectivity index (χ3v) is 3.25. The Bertz CT molecular complexity index is 165. The van der Waals surface area contributed by atoms with Gasteiger partial charge in [0, 0.05) is 18.6 Å². The Kier molecular flexibility index (Phi) is 1.27. The number of rotatable bonds is 0. The van der Waals surface area contributed by atoms with E-state index in [0.717, 1.165) is 18.6 Å². The zero-order valence-electron chi connectivity index (χ0n) is 6.55. The van der Waals surface area contributed by atoms with E-state index in [2.05, 4.69) is 10.6 Å². The van der Waals surface area contributed by atoms with Crippen molar-refractivity contribution in [2.75, 3.05) is 6.67 Å². The van der Waals surface area contributed by atoms with Crippen LogP contribution in [0.2, 0.25) is 0 Å². The van der Waals surface area contributed by atoms with E-state index in [9.17, 15) is 0 Å². The second-order valence-corrected chi connectivity index (χ2v) is 3.85. The predicted molar refractivity (Wildman–Crippen MR) is 40.9 cm³/mol. The third kappa shape index (κ3) is 0.849. The van der Waals surface area contributed by atoms with Gasteiger partial charge in [-0.3, -0.25) is 5.32 Å². The van der Waals surface area contributed by atoms with Crippen LogP contribution in [0.15, 0.2) is 0 Å². The molecule has 3 aliphatic rings. The molecule has 3 heteroatoms. The van der Waals surface area contributed by atoms with E-state index in [4.69, 9.17) is 4.74 Å². The van der Waals surface area contributed by atoms with Crippen molar-refractivity contribution in [1.29, 1.82) is 0 Å². The van der Waals surface area contributed by atoms with Gasteiger partial charge in [-0.1, -0.05) is 0 Å². The van der Waals surface area contributed by atoms with Crippen LogP contribution in [0.1, 0.15) is 19.3 Å². The number of fused-ring (bicyclic) bond motifs is 1. The molecule has 4 unspecified atom stereocenters. The van der Waals surface area contributed by atoms with E-state index in [-0.39, 0.29) is 0 Å². The first-order chi connectivity index (χ1) is 5.43. The largest absolute Gasteiger partial charge is 0.360 e. The molecule has 0 aromatic carbocycles. The highest BCUT2D eigenvalue weighted by Gasteiger charge is 2.45. The lowest BCUT2D eigenvalue weighted by Gasteiger charge is -2.34. The number of hydrogen-bond donors (Lipinski definition) is 2. The van der Waals surface area contributed by atoms with Crippen LogP contribution in [-0.4, -0.2) is 25.0 Å². The van der Waals surface area contributed by atoms with Gasteiger partial charge in [-0.05, 0) is 19.3 Å². The molecule has 2 bridgehead atoms. The van der Waals surface area contributed by atoms with Crippen molar-refractivity contribution in [3.05, 3.63) is 0 Å². The average molecular weight is 154 g/mol. The quantitative estimate of drug-likeness (QED) is 0.516. The minimum absolute atomic E-state index is 0.369. The van der Waals surface area contributed by atoms with Crippen LogP contribution in [-0.2, 0) is 4.74 Å². The lowest BCUT2D eigenvalue weighted by molar-refractivity contribution is 0.0109. The van der Waals surface area contributed by atoms with E-state index in [1.54, 1.807) is 0 Å². The maximum Gasteiger partial charge on any atom is 0.113 e. The predicted octanol–water partition coefficient (Wildman–Crippen LogP) is 0.0303. The lowest BCUT2D eigenvalue weighted by atomic mass is 9.83. The summed E-state index contributed by atoms with van der Waals surface area (Å²) in [6, 6.07) is 0.736. The van der Waals surface area contributed by atoms with Gasteiger partial charge in [-0.15, -0.1) is 0 Å². The van der Waals surface area contributed by atoms with Crippen LogP contribution in [0, 0.1) is 5.92 Å². The zero-order chi connectivity index (χ0) is 7.26. The van der Waals surface area contributed by atoms with Crippen molar-refractivity contribution in [2.24, 2.45) is 5.92 Å². The fourth-order valence-electron chi connectivity index (χ4n) is 2.68. The summed E-state index contributed by atoms with van der Waals surface area (Å²) in [7, 11) is 0. The maximum atomic E-state index is 5.81. The summed E-state index contributed by atoms with van der Waals surface area (Å²) in [6.45, 7) is 0.929. The molecule has 2 heterocycles. The second kappa shape index (κ2) is 2.19. The Morgan fingerprint density at radius 1 is 1.18 bits per heavy atom. The Morgan fingerprint density at radius 2 is 2.18 bits per heavy atom. The Balaban J connectivity index is 1.88. The van der Waals surface area contributed by atoms with E-state index in [0.29, 0.717) is 12.3 Å². The van der Waals surface area contributed by atoms with Gasteiger partial charge < -0.3 is 10.1 Å². The fourth-order valence-corrected chi connectivity index (χ4v) is 2.68. The van der Waals surface area contributed by atoms with Gasteiger partial charge in [0.05, 0.1) is 6.10 Å². The van der Waals surface area contributed by atoms with Crippen molar-refractivity contribution in [2.45, 2.75) is 37.6 Å². The zero-order valence-corrected chi connectivity index (χ0v) is 6.55. The summed E-state index contributed by atoms with van der Waals surface area (Å²) in [5.41, 5.74) is 0. The van der Waals surface area contributed by atoms with Crippen LogP contribution >= 0.6 is 0 Å². The van der Waals surface area contributed by atoms with E-state index in [1.807, 2.05) is 0 Å². The Morgan fingerprint density at radius 3 is 3.18 bits per heavy atom. The van der Waals surface area contributed by atoms with Gasteiger partial charge in [0.1, 0.15) is 6.23 Å². The molecule has 2 saturated heterocycles. The van der Waals surface area contributed by atoms with Crippen LogP contribution in [0.4, 0.5) is 0 Å². The van der Waals surface area contributed by atoms with Crippen molar-refractivity contribution in [3.63, 3.8) is 0 Å². The van der Waals surface area contributed by atoms with Crippen LogP contribution in [0.5, 0.6) is 0 Å². The molecule has 2 aliphatic heterocycles. The van der Waals surface area contributed by atoms with E-state index >= 15 is 0 Å². The highest BCUT2D eigenvalue weighted by molar-refractivity contribution is 4.96. The number of ether oxygens (including phenoxy) is 1. The molecule has 0 spiro atoms. The monoisotopic (exact) mass is 154 g/mol. The summed E-state index contributed by atoms with van der Waals surface area (Å²) in [6.07, 6.45) is 4.78. The van der Waals surface area contributed by atoms with Gasteiger partial charge in [0.15, 0.2) is 0 Å². The van der Waals surface area contributed by atoms with Gasteiger partial charge in [0.25, 0.3) is 0 Å². The molecule has 11 heavy (non-hydrogen) atoms. The minimum atomic E-state index is 0.369. The van der Waals surface area contributed by atoms with Crippen LogP contribution in [0.3, 0.4) is 0 Å². The summed E-state index contributed by atoms with van der Waals surface area (Å²) in [5.74, 6) is 0.752. The minimum Gasteiger partial charge on any atom is -0.360 e. The molecule has 1 aliphatic carbocycles. The Labute approximate surface area is 66.5 Å². The highest BCUT2D eigenvalue weighted by Crippen LogP contribution is 2.38. The molecule has 0 aromatic rings. The van der Waals surface area contributed by atoms with Crippen LogP contribution in [0.25, 0.3) is 0 Å². The summed E-state index contributed by atoms with van der Waals surface area (Å²) < 4.78 is 5.81. The molecule has 1 saturated carbocycles. The van der Waals surface area contributed by atoms with Crippen molar-refractivity contribution in [3.8, 4) is 0 Å². The molecule has 0 amide bonds. The number of nitrogens with one attached hydrogen (secondary N) is 2. The average Bonchev–Trinajstić information content (AvgIpc) is 2.42. The molecular formula is C8H14N2O. The fraction of sp³-hybridized carbons (Fsp3) is 1.00. The first-order valence-corrected chi connectivity index (χ1v) is 4.56. The SMILES string of the molecule is C1NC2CCC3CC2C(N1)O3. The van der Waals surface area contributed by atoms with Crippen molar-refractivity contribution < 1.29 is 4.74 Å².